The summed E-state index contributed by atoms with van der Waals surface area (Å²) >= 11 is 0. The third-order valence-electron chi connectivity index (χ3n) is 4.72. The number of ether oxygens (including phenoxy) is 1. The lowest BCUT2D eigenvalue weighted by Gasteiger charge is -2.37. The van der Waals surface area contributed by atoms with Crippen LogP contribution in [-0.4, -0.2) is 53.8 Å². The Bertz CT molecular complexity index is 640. The molecule has 7 nitrogen and oxygen atoms in total. The van der Waals surface area contributed by atoms with Gasteiger partial charge >= 0.3 is 0 Å². The fourth-order valence-corrected chi connectivity index (χ4v) is 3.57. The normalized spacial score (nSPS) is 24.3. The molecule has 0 radical (unpaired) electrons. The molecule has 3 heterocycles. The average molecular weight is 348 g/mol. The van der Waals surface area contributed by atoms with Gasteiger partial charge in [0, 0.05) is 6.54 Å². The monoisotopic (exact) mass is 348 g/mol. The fourth-order valence-electron chi connectivity index (χ4n) is 3.57. The molecule has 0 aliphatic carbocycles. The van der Waals surface area contributed by atoms with Crippen LogP contribution in [0.3, 0.4) is 0 Å². The Kier molecular flexibility index (Phi) is 5.22. The van der Waals surface area contributed by atoms with Crippen LogP contribution < -0.4 is 5.32 Å². The summed E-state index contributed by atoms with van der Waals surface area (Å²) < 4.78 is 10.4. The minimum atomic E-state index is -0.672. The highest BCUT2D eigenvalue weighted by Crippen LogP contribution is 2.27. The molecule has 3 atom stereocenters. The van der Waals surface area contributed by atoms with Crippen LogP contribution in [0, 0.1) is 5.92 Å². The first-order valence-corrected chi connectivity index (χ1v) is 8.75. The van der Waals surface area contributed by atoms with Crippen LogP contribution >= 0.6 is 0 Å². The number of piperidine rings is 1. The molecule has 0 saturated carbocycles. The van der Waals surface area contributed by atoms with E-state index in [1.54, 1.807) is 11.0 Å². The van der Waals surface area contributed by atoms with Crippen molar-refractivity contribution < 1.29 is 23.5 Å². The molecule has 2 aliphatic heterocycles. The highest BCUT2D eigenvalue weighted by atomic mass is 16.5. The summed E-state index contributed by atoms with van der Waals surface area (Å²) in [5.74, 6) is -0.397. The number of nitrogens with one attached hydrogen (secondary N) is 1. The smallest absolute Gasteiger partial charge is 0.255 e. The number of carbonyl (C=O) groups is 3. The Hall–Kier alpha value is -2.15. The quantitative estimate of drug-likeness (QED) is 0.868. The zero-order valence-corrected chi connectivity index (χ0v) is 14.6. The summed E-state index contributed by atoms with van der Waals surface area (Å²) in [6, 6.07) is 0.369. The number of Topliss-reactive ketones (excluding diaryl/α,β-unsaturated/α-hetero) is 1. The Morgan fingerprint density at radius 1 is 1.40 bits per heavy atom. The van der Waals surface area contributed by atoms with Crippen molar-refractivity contribution in [3.63, 3.8) is 0 Å². The SMILES string of the molecule is CC(C)C[C@H](NC(=O)c1ccoc1)C(=O)N1CCC[C@H]2OCC(=O)[C@H]21. The molecule has 2 saturated heterocycles. The number of hydrogen-bond acceptors (Lipinski definition) is 5. The van der Waals surface area contributed by atoms with Gasteiger partial charge in [-0.25, -0.2) is 0 Å². The second kappa shape index (κ2) is 7.39. The van der Waals surface area contributed by atoms with E-state index in [1.807, 2.05) is 13.8 Å². The number of rotatable bonds is 5. The molecule has 0 aromatic carbocycles. The molecule has 3 rings (SSSR count). The lowest BCUT2D eigenvalue weighted by Crippen LogP contribution is -2.58. The highest BCUT2D eigenvalue weighted by molar-refractivity contribution is 5.98. The molecule has 2 amide bonds. The summed E-state index contributed by atoms with van der Waals surface area (Å²) in [7, 11) is 0. The molecule has 2 aliphatic rings. The van der Waals surface area contributed by atoms with E-state index >= 15 is 0 Å². The third kappa shape index (κ3) is 3.76. The van der Waals surface area contributed by atoms with Crippen molar-refractivity contribution in [2.45, 2.75) is 51.3 Å². The van der Waals surface area contributed by atoms with E-state index in [1.165, 1.54) is 12.5 Å². The van der Waals surface area contributed by atoms with Crippen molar-refractivity contribution in [1.29, 1.82) is 0 Å². The second-order valence-electron chi connectivity index (χ2n) is 7.10. The van der Waals surface area contributed by atoms with E-state index in [4.69, 9.17) is 9.15 Å². The summed E-state index contributed by atoms with van der Waals surface area (Å²) in [6.07, 6.45) is 4.64. The Morgan fingerprint density at radius 3 is 2.88 bits per heavy atom. The number of furan rings is 1. The van der Waals surface area contributed by atoms with Crippen molar-refractivity contribution in [1.82, 2.24) is 10.2 Å². The standard InChI is InChI=1S/C18H24N2O5/c1-11(2)8-13(19-17(22)12-5-7-24-9-12)18(23)20-6-3-4-15-16(20)14(21)10-25-15/h5,7,9,11,13,15-16H,3-4,6,8,10H2,1-2H3,(H,19,22)/t13-,15+,16+/m0/s1. The van der Waals surface area contributed by atoms with Gasteiger partial charge in [0.1, 0.15) is 25.0 Å². The van der Waals surface area contributed by atoms with Gasteiger partial charge in [0.05, 0.1) is 17.9 Å². The van der Waals surface area contributed by atoms with Crippen molar-refractivity contribution in [3.05, 3.63) is 24.2 Å². The van der Waals surface area contributed by atoms with Crippen molar-refractivity contribution in [3.8, 4) is 0 Å². The first-order valence-electron chi connectivity index (χ1n) is 8.75. The number of carbonyl (C=O) groups excluding carboxylic acids is 3. The van der Waals surface area contributed by atoms with E-state index < -0.39 is 12.1 Å². The summed E-state index contributed by atoms with van der Waals surface area (Å²) in [4.78, 5) is 39.2. The topological polar surface area (TPSA) is 88.8 Å². The number of hydrogen-bond donors (Lipinski definition) is 1. The van der Waals surface area contributed by atoms with Gasteiger partial charge in [-0.3, -0.25) is 14.4 Å². The van der Waals surface area contributed by atoms with Gasteiger partial charge in [-0.05, 0) is 31.2 Å². The lowest BCUT2D eigenvalue weighted by molar-refractivity contribution is -0.142. The number of ketones is 1. The largest absolute Gasteiger partial charge is 0.472 e. The maximum Gasteiger partial charge on any atom is 0.255 e. The maximum atomic E-state index is 13.1. The van der Waals surface area contributed by atoms with E-state index in [-0.39, 0.29) is 36.2 Å². The van der Waals surface area contributed by atoms with Crippen molar-refractivity contribution >= 4 is 17.6 Å². The molecule has 0 bridgehead atoms. The van der Waals surface area contributed by atoms with Crippen molar-refractivity contribution in [2.24, 2.45) is 5.92 Å². The Labute approximate surface area is 146 Å². The zero-order valence-electron chi connectivity index (χ0n) is 14.6. The van der Waals surface area contributed by atoms with Crippen LogP contribution in [0.1, 0.15) is 43.5 Å². The molecular formula is C18H24N2O5. The second-order valence-corrected chi connectivity index (χ2v) is 7.10. The molecule has 25 heavy (non-hydrogen) atoms. The van der Waals surface area contributed by atoms with Gasteiger partial charge < -0.3 is 19.4 Å². The maximum absolute atomic E-state index is 13.1. The van der Waals surface area contributed by atoms with Crippen LogP contribution in [0.2, 0.25) is 0 Å². The molecule has 0 unspecified atom stereocenters. The van der Waals surface area contributed by atoms with Gasteiger partial charge in [-0.15, -0.1) is 0 Å². The molecule has 1 N–H and O–H groups in total. The highest BCUT2D eigenvalue weighted by Gasteiger charge is 2.45. The molecule has 1 aromatic rings. The third-order valence-corrected chi connectivity index (χ3v) is 4.72. The minimum Gasteiger partial charge on any atom is -0.472 e. The first kappa shape index (κ1) is 17.7. The summed E-state index contributed by atoms with van der Waals surface area (Å²) in [5, 5.41) is 2.80. The molecule has 1 aromatic heterocycles. The molecule has 0 spiro atoms. The van der Waals surface area contributed by atoms with Crippen LogP contribution in [0.4, 0.5) is 0 Å². The van der Waals surface area contributed by atoms with E-state index in [9.17, 15) is 14.4 Å². The molecule has 7 heteroatoms. The van der Waals surface area contributed by atoms with Gasteiger partial charge in [-0.1, -0.05) is 13.8 Å². The van der Waals surface area contributed by atoms with Crippen LogP contribution in [0.5, 0.6) is 0 Å². The Balaban J connectivity index is 1.76. The first-order chi connectivity index (χ1) is 12.0. The average Bonchev–Trinajstić information content (AvgIpc) is 3.23. The van der Waals surface area contributed by atoms with Crippen molar-refractivity contribution in [2.75, 3.05) is 13.2 Å². The van der Waals surface area contributed by atoms with Gasteiger partial charge in [0.15, 0.2) is 5.78 Å². The molecule has 136 valence electrons. The van der Waals surface area contributed by atoms with E-state index in [2.05, 4.69) is 5.32 Å². The minimum absolute atomic E-state index is 0.0532. The lowest BCUT2D eigenvalue weighted by atomic mass is 9.95. The van der Waals surface area contributed by atoms with Gasteiger partial charge in [0.2, 0.25) is 5.91 Å². The van der Waals surface area contributed by atoms with Crippen LogP contribution in [0.15, 0.2) is 23.0 Å². The van der Waals surface area contributed by atoms with E-state index in [0.29, 0.717) is 18.5 Å². The fraction of sp³-hybridized carbons (Fsp3) is 0.611. The van der Waals surface area contributed by atoms with E-state index in [0.717, 1.165) is 12.8 Å². The molecular weight excluding hydrogens is 324 g/mol. The van der Waals surface area contributed by atoms with Gasteiger partial charge in [-0.2, -0.15) is 0 Å². The molecule has 2 fully saturated rings. The number of nitrogens with zero attached hydrogens (tertiary/aromatic N) is 1. The van der Waals surface area contributed by atoms with Crippen LogP contribution in [-0.2, 0) is 14.3 Å². The van der Waals surface area contributed by atoms with Gasteiger partial charge in [0.25, 0.3) is 5.91 Å². The number of fused-ring (bicyclic) bond motifs is 1. The number of amides is 2. The summed E-state index contributed by atoms with van der Waals surface area (Å²) in [6.45, 7) is 4.57. The predicted octanol–water partition coefficient (Wildman–Crippen LogP) is 1.38. The zero-order chi connectivity index (χ0) is 18.0. The summed E-state index contributed by atoms with van der Waals surface area (Å²) in [5.41, 5.74) is 0.373. The number of likely N-dealkylation sites (tertiary alicyclic amines) is 1. The van der Waals surface area contributed by atoms with Crippen LogP contribution in [0.25, 0.3) is 0 Å². The Morgan fingerprint density at radius 2 is 2.20 bits per heavy atom. The predicted molar refractivity (Wildman–Crippen MR) is 88.9 cm³/mol.